The standard InChI is InChI=1S/C40H58Si4/c1-33(2)39(5,6)41(9,10)43(35-25-17-13-18-26-35,36-27-19-14-20-28-36)44(37-29-21-15-22-30-37,38-31-23-16-24-32-38)42(11,12)40(7,8)34(3)4/h13-34H,1-12H3. The number of hydrogen-bond donors (Lipinski definition) is 0. The summed E-state index contributed by atoms with van der Waals surface area (Å²) in [6.45, 7) is 31.9. The van der Waals surface area contributed by atoms with Gasteiger partial charge in [-0.25, -0.2) is 0 Å². The van der Waals surface area contributed by atoms with Crippen LogP contribution in [0.5, 0.6) is 0 Å². The summed E-state index contributed by atoms with van der Waals surface area (Å²) in [5.41, 5.74) is 0. The van der Waals surface area contributed by atoms with Crippen LogP contribution in [0.15, 0.2) is 121 Å². The summed E-state index contributed by atoms with van der Waals surface area (Å²) in [7, 11) is -9.86. The van der Waals surface area contributed by atoms with Crippen molar-refractivity contribution < 1.29 is 0 Å². The van der Waals surface area contributed by atoms with Gasteiger partial charge in [-0.3, -0.25) is 0 Å². The second-order valence-corrected chi connectivity index (χ2v) is 49.9. The maximum Gasteiger partial charge on any atom is 0.112 e. The van der Waals surface area contributed by atoms with Crippen LogP contribution in [0, 0.1) is 11.8 Å². The first kappa shape index (κ1) is 34.6. The van der Waals surface area contributed by atoms with Gasteiger partial charge in [0.25, 0.3) is 0 Å². The largest absolute Gasteiger partial charge is 0.112 e. The second-order valence-electron chi connectivity index (χ2n) is 16.0. The van der Waals surface area contributed by atoms with Crippen molar-refractivity contribution >= 4 is 50.1 Å². The Bertz CT molecular complexity index is 1290. The second kappa shape index (κ2) is 12.5. The summed E-state index contributed by atoms with van der Waals surface area (Å²) in [6.07, 6.45) is 0. The van der Waals surface area contributed by atoms with E-state index in [9.17, 15) is 0 Å². The van der Waals surface area contributed by atoms with Crippen molar-refractivity contribution in [1.82, 2.24) is 0 Å². The van der Waals surface area contributed by atoms with Crippen LogP contribution in [0.25, 0.3) is 0 Å². The number of rotatable bonds is 11. The highest BCUT2D eigenvalue weighted by Gasteiger charge is 2.76. The predicted octanol–water partition coefficient (Wildman–Crippen LogP) is 9.04. The monoisotopic (exact) mass is 650 g/mol. The minimum atomic E-state index is -2.69. The Kier molecular flexibility index (Phi) is 9.84. The first-order valence-electron chi connectivity index (χ1n) is 16.8. The number of hydrogen-bond acceptors (Lipinski definition) is 0. The van der Waals surface area contributed by atoms with Crippen LogP contribution in [0.4, 0.5) is 0 Å². The number of benzene rings is 4. The quantitative estimate of drug-likeness (QED) is 0.142. The van der Waals surface area contributed by atoms with Crippen molar-refractivity contribution in [3.05, 3.63) is 121 Å². The van der Waals surface area contributed by atoms with Gasteiger partial charge in [-0.1, -0.05) is 224 Å². The predicted molar refractivity (Wildman–Crippen MR) is 209 cm³/mol. The molecule has 0 heterocycles. The van der Waals surface area contributed by atoms with E-state index in [1.54, 1.807) is 20.7 Å². The van der Waals surface area contributed by atoms with E-state index in [1.165, 1.54) is 0 Å². The Hall–Kier alpha value is -2.25. The van der Waals surface area contributed by atoms with E-state index in [4.69, 9.17) is 0 Å². The molecule has 0 spiro atoms. The molecule has 0 atom stereocenters. The van der Waals surface area contributed by atoms with Crippen molar-refractivity contribution in [2.24, 2.45) is 11.8 Å². The molecule has 0 fully saturated rings. The van der Waals surface area contributed by atoms with Crippen molar-refractivity contribution in [3.8, 4) is 0 Å². The molecule has 0 aliphatic rings. The molecule has 0 aromatic heterocycles. The molecular formula is C40H58Si4. The molecule has 0 N–H and O–H groups in total. The van der Waals surface area contributed by atoms with Gasteiger partial charge in [-0.15, -0.1) is 0 Å². The van der Waals surface area contributed by atoms with E-state index in [0.29, 0.717) is 11.8 Å². The maximum atomic E-state index is 2.83. The Morgan fingerprint density at radius 2 is 0.545 bits per heavy atom. The van der Waals surface area contributed by atoms with E-state index in [1.807, 2.05) is 0 Å². The van der Waals surface area contributed by atoms with Crippen LogP contribution >= 0.6 is 0 Å². The van der Waals surface area contributed by atoms with Gasteiger partial charge in [0, 0.05) is 0 Å². The highest BCUT2D eigenvalue weighted by Crippen LogP contribution is 2.55. The maximum absolute atomic E-state index is 2.83. The molecule has 0 unspecified atom stereocenters. The zero-order valence-electron chi connectivity index (χ0n) is 29.7. The van der Waals surface area contributed by atoms with Gasteiger partial charge in [-0.2, -0.15) is 0 Å². The van der Waals surface area contributed by atoms with E-state index in [2.05, 4.69) is 203 Å². The molecule has 44 heavy (non-hydrogen) atoms. The smallest absolute Gasteiger partial charge is 0.0705 e. The molecule has 0 radical (unpaired) electrons. The summed E-state index contributed by atoms with van der Waals surface area (Å²) in [6, 6.07) is 48.4. The molecule has 0 nitrogen and oxygen atoms in total. The summed E-state index contributed by atoms with van der Waals surface area (Å²) < 4.78 is 0. The molecule has 234 valence electrons. The molecule has 0 saturated carbocycles. The molecule has 0 bridgehead atoms. The molecule has 0 saturated heterocycles. The lowest BCUT2D eigenvalue weighted by Gasteiger charge is -2.68. The van der Waals surface area contributed by atoms with E-state index < -0.39 is 29.4 Å². The van der Waals surface area contributed by atoms with Gasteiger partial charge in [0.05, 0.1) is 15.2 Å². The molecular weight excluding hydrogens is 593 g/mol. The van der Waals surface area contributed by atoms with Crippen LogP contribution in [0.3, 0.4) is 0 Å². The van der Waals surface area contributed by atoms with Gasteiger partial charge >= 0.3 is 0 Å². The van der Waals surface area contributed by atoms with Crippen molar-refractivity contribution in [2.45, 2.75) is 91.7 Å². The molecule has 0 aliphatic heterocycles. The average Bonchev–Trinajstić information content (AvgIpc) is 3.01. The SMILES string of the molecule is CC(C)C(C)(C)[Si](C)(C)[Si](c1ccccc1)(c1ccccc1)[Si](c1ccccc1)(c1ccccc1)[Si](C)(C)C(C)(C)C(C)C. The van der Waals surface area contributed by atoms with Gasteiger partial charge in [0.2, 0.25) is 0 Å². The lowest BCUT2D eigenvalue weighted by molar-refractivity contribution is 0.463. The third kappa shape index (κ3) is 4.87. The van der Waals surface area contributed by atoms with Crippen LogP contribution in [0.2, 0.25) is 36.3 Å². The van der Waals surface area contributed by atoms with Gasteiger partial charge in [0.1, 0.15) is 14.2 Å². The summed E-state index contributed by atoms with van der Waals surface area (Å²) in [5, 5.41) is 7.04. The first-order valence-corrected chi connectivity index (χ1v) is 29.8. The molecule has 4 aromatic rings. The zero-order valence-corrected chi connectivity index (χ0v) is 33.7. The van der Waals surface area contributed by atoms with Gasteiger partial charge in [0.15, 0.2) is 0 Å². The summed E-state index contributed by atoms with van der Waals surface area (Å²) in [5.74, 6) is 1.15. The molecule has 0 amide bonds. The Morgan fingerprint density at radius 1 is 0.364 bits per heavy atom. The molecule has 4 rings (SSSR count). The molecule has 4 aromatic carbocycles. The lowest BCUT2D eigenvalue weighted by atomic mass is 9.99. The van der Waals surface area contributed by atoms with Crippen LogP contribution in [-0.4, -0.2) is 29.4 Å². The van der Waals surface area contributed by atoms with E-state index >= 15 is 0 Å². The molecule has 4 heteroatoms. The summed E-state index contributed by atoms with van der Waals surface area (Å²) >= 11 is 0. The van der Waals surface area contributed by atoms with Gasteiger partial charge in [-0.05, 0) is 21.9 Å². The van der Waals surface area contributed by atoms with Crippen molar-refractivity contribution in [1.29, 1.82) is 0 Å². The third-order valence-electron chi connectivity index (χ3n) is 13.4. The average molecular weight is 651 g/mol. The first-order chi connectivity index (χ1) is 20.6. The fourth-order valence-corrected chi connectivity index (χ4v) is 99.3. The fourth-order valence-electron chi connectivity index (χ4n) is 8.74. The minimum absolute atomic E-state index is 0.194. The van der Waals surface area contributed by atoms with Crippen LogP contribution < -0.4 is 20.7 Å². The third-order valence-corrected chi connectivity index (χ3v) is 76.3. The minimum Gasteiger partial charge on any atom is -0.0705 e. The topological polar surface area (TPSA) is 0 Å². The summed E-state index contributed by atoms with van der Waals surface area (Å²) in [4.78, 5) is 0. The van der Waals surface area contributed by atoms with Crippen molar-refractivity contribution in [3.63, 3.8) is 0 Å². The van der Waals surface area contributed by atoms with Crippen LogP contribution in [0.1, 0.15) is 55.4 Å². The van der Waals surface area contributed by atoms with E-state index in [0.717, 1.165) is 0 Å². The normalized spacial score (nSPS) is 13.9. The fraction of sp³-hybridized carbons (Fsp3) is 0.400. The van der Waals surface area contributed by atoms with Gasteiger partial charge < -0.3 is 0 Å². The zero-order chi connectivity index (χ0) is 32.6. The lowest BCUT2D eigenvalue weighted by Crippen LogP contribution is -3.01. The Morgan fingerprint density at radius 3 is 0.705 bits per heavy atom. The van der Waals surface area contributed by atoms with Crippen molar-refractivity contribution in [2.75, 3.05) is 0 Å². The Balaban J connectivity index is 2.52. The highest BCUT2D eigenvalue weighted by molar-refractivity contribution is 7.95. The highest BCUT2D eigenvalue weighted by atomic mass is 29.8. The van der Waals surface area contributed by atoms with Crippen LogP contribution in [-0.2, 0) is 0 Å². The Labute approximate surface area is 273 Å². The molecule has 0 aliphatic carbocycles. The van der Waals surface area contributed by atoms with E-state index in [-0.39, 0.29) is 10.1 Å².